The predicted molar refractivity (Wildman–Crippen MR) is 78.6 cm³/mol. The maximum absolute atomic E-state index is 12.8. The van der Waals surface area contributed by atoms with E-state index < -0.39 is 21.2 Å². The third kappa shape index (κ3) is 2.54. The van der Waals surface area contributed by atoms with Gasteiger partial charge in [0.2, 0.25) is 0 Å². The summed E-state index contributed by atoms with van der Waals surface area (Å²) < 4.78 is 36.8. The van der Waals surface area contributed by atoms with Crippen molar-refractivity contribution in [1.29, 1.82) is 0 Å². The molecule has 1 aliphatic rings. The molecule has 4 nitrogen and oxygen atoms in total. The summed E-state index contributed by atoms with van der Waals surface area (Å²) in [7, 11) is -3.49. The first kappa shape index (κ1) is 14.1. The van der Waals surface area contributed by atoms with Gasteiger partial charge in [-0.05, 0) is 30.7 Å². The summed E-state index contributed by atoms with van der Waals surface area (Å²) in [6.45, 7) is 3.70. The van der Waals surface area contributed by atoms with Crippen molar-refractivity contribution in [3.05, 3.63) is 67.1 Å². The fraction of sp³-hybridized carbons (Fsp3) is 0.250. The van der Waals surface area contributed by atoms with Crippen LogP contribution in [-0.2, 0) is 14.6 Å². The van der Waals surface area contributed by atoms with Crippen LogP contribution in [0, 0.1) is 0 Å². The lowest BCUT2D eigenvalue weighted by Crippen LogP contribution is -2.24. The second-order valence-electron chi connectivity index (χ2n) is 4.98. The van der Waals surface area contributed by atoms with Crippen molar-refractivity contribution in [1.82, 2.24) is 0 Å². The SMILES string of the molecule is C=C[C@H]1C[C@@H](S(=O)(=O)c2ccccc2)[C@H](c2ccco2)O1. The molecule has 3 atom stereocenters. The van der Waals surface area contributed by atoms with Crippen molar-refractivity contribution < 1.29 is 17.6 Å². The van der Waals surface area contributed by atoms with E-state index in [2.05, 4.69) is 6.58 Å². The highest BCUT2D eigenvalue weighted by molar-refractivity contribution is 7.92. The Hall–Kier alpha value is -1.85. The number of rotatable bonds is 4. The summed E-state index contributed by atoms with van der Waals surface area (Å²) >= 11 is 0. The lowest BCUT2D eigenvalue weighted by atomic mass is 10.1. The van der Waals surface area contributed by atoms with Crippen LogP contribution in [0.1, 0.15) is 18.3 Å². The predicted octanol–water partition coefficient (Wildman–Crippen LogP) is 3.14. The van der Waals surface area contributed by atoms with Crippen LogP contribution in [0.2, 0.25) is 0 Å². The van der Waals surface area contributed by atoms with Crippen molar-refractivity contribution in [2.24, 2.45) is 0 Å². The fourth-order valence-electron chi connectivity index (χ4n) is 2.61. The van der Waals surface area contributed by atoms with E-state index in [0.29, 0.717) is 17.1 Å². The van der Waals surface area contributed by atoms with Gasteiger partial charge in [0.1, 0.15) is 17.1 Å². The number of ether oxygens (including phenoxy) is 1. The van der Waals surface area contributed by atoms with Gasteiger partial charge in [0.15, 0.2) is 9.84 Å². The molecule has 1 aliphatic heterocycles. The molecular formula is C16H16O4S. The quantitative estimate of drug-likeness (QED) is 0.814. The lowest BCUT2D eigenvalue weighted by Gasteiger charge is -2.17. The molecule has 2 aromatic rings. The van der Waals surface area contributed by atoms with E-state index in [1.54, 1.807) is 48.5 Å². The summed E-state index contributed by atoms with van der Waals surface area (Å²) in [5.41, 5.74) is 0. The monoisotopic (exact) mass is 304 g/mol. The molecule has 110 valence electrons. The van der Waals surface area contributed by atoms with Crippen LogP contribution >= 0.6 is 0 Å². The molecule has 21 heavy (non-hydrogen) atoms. The molecule has 0 unspecified atom stereocenters. The van der Waals surface area contributed by atoms with Crippen LogP contribution in [0.25, 0.3) is 0 Å². The van der Waals surface area contributed by atoms with Crippen molar-refractivity contribution in [3.8, 4) is 0 Å². The van der Waals surface area contributed by atoms with Gasteiger partial charge >= 0.3 is 0 Å². The van der Waals surface area contributed by atoms with Gasteiger partial charge in [0.25, 0.3) is 0 Å². The average Bonchev–Trinajstić information content (AvgIpc) is 3.17. The molecule has 1 fully saturated rings. The first-order valence-corrected chi connectivity index (χ1v) is 8.28. The maximum atomic E-state index is 12.8. The smallest absolute Gasteiger partial charge is 0.184 e. The zero-order chi connectivity index (χ0) is 14.9. The molecule has 1 saturated heterocycles. The van der Waals surface area contributed by atoms with Crippen LogP contribution < -0.4 is 0 Å². The maximum Gasteiger partial charge on any atom is 0.184 e. The molecule has 0 saturated carbocycles. The molecule has 3 rings (SSSR count). The van der Waals surface area contributed by atoms with Gasteiger partial charge < -0.3 is 9.15 Å². The number of furan rings is 1. The van der Waals surface area contributed by atoms with Gasteiger partial charge in [-0.25, -0.2) is 8.42 Å². The van der Waals surface area contributed by atoms with Crippen LogP contribution in [0.3, 0.4) is 0 Å². The number of sulfone groups is 1. The Morgan fingerprint density at radius 1 is 1.14 bits per heavy atom. The minimum atomic E-state index is -3.49. The Morgan fingerprint density at radius 2 is 1.90 bits per heavy atom. The summed E-state index contributed by atoms with van der Waals surface area (Å²) in [6.07, 6.45) is 2.64. The minimum Gasteiger partial charge on any atom is -0.467 e. The zero-order valence-corrected chi connectivity index (χ0v) is 12.2. The van der Waals surface area contributed by atoms with Gasteiger partial charge in [0, 0.05) is 0 Å². The van der Waals surface area contributed by atoms with E-state index in [0.717, 1.165) is 0 Å². The van der Waals surface area contributed by atoms with Crippen molar-refractivity contribution >= 4 is 9.84 Å². The van der Waals surface area contributed by atoms with Crippen LogP contribution in [0.5, 0.6) is 0 Å². The van der Waals surface area contributed by atoms with E-state index in [-0.39, 0.29) is 6.10 Å². The Morgan fingerprint density at radius 3 is 2.52 bits per heavy atom. The third-order valence-corrected chi connectivity index (χ3v) is 5.85. The van der Waals surface area contributed by atoms with E-state index in [1.165, 1.54) is 6.26 Å². The summed E-state index contributed by atoms with van der Waals surface area (Å²) in [5.74, 6) is 0.531. The fourth-order valence-corrected chi connectivity index (χ4v) is 4.47. The first-order chi connectivity index (χ1) is 10.1. The van der Waals surface area contributed by atoms with Crippen molar-refractivity contribution in [3.63, 3.8) is 0 Å². The van der Waals surface area contributed by atoms with E-state index in [4.69, 9.17) is 9.15 Å². The zero-order valence-electron chi connectivity index (χ0n) is 11.4. The lowest BCUT2D eigenvalue weighted by molar-refractivity contribution is 0.0577. The van der Waals surface area contributed by atoms with Gasteiger partial charge in [-0.3, -0.25) is 0 Å². The van der Waals surface area contributed by atoms with Gasteiger partial charge in [-0.2, -0.15) is 0 Å². The molecule has 0 radical (unpaired) electrons. The third-order valence-electron chi connectivity index (χ3n) is 3.68. The van der Waals surface area contributed by atoms with Crippen molar-refractivity contribution in [2.75, 3.05) is 0 Å². The number of benzene rings is 1. The Labute approximate surface area is 124 Å². The molecular weight excluding hydrogens is 288 g/mol. The molecule has 0 bridgehead atoms. The Kier molecular flexibility index (Phi) is 3.69. The van der Waals surface area contributed by atoms with Crippen LogP contribution in [0.15, 0.2) is 70.7 Å². The second-order valence-corrected chi connectivity index (χ2v) is 7.15. The molecule has 0 spiro atoms. The van der Waals surface area contributed by atoms with Gasteiger partial charge in [-0.1, -0.05) is 24.3 Å². The first-order valence-electron chi connectivity index (χ1n) is 6.73. The molecule has 0 N–H and O–H groups in total. The van der Waals surface area contributed by atoms with E-state index >= 15 is 0 Å². The average molecular weight is 304 g/mol. The molecule has 0 amide bonds. The molecule has 0 aliphatic carbocycles. The van der Waals surface area contributed by atoms with E-state index in [1.807, 2.05) is 0 Å². The van der Waals surface area contributed by atoms with Crippen LogP contribution in [-0.4, -0.2) is 19.8 Å². The van der Waals surface area contributed by atoms with Gasteiger partial charge in [-0.15, -0.1) is 6.58 Å². The van der Waals surface area contributed by atoms with Crippen molar-refractivity contribution in [2.45, 2.75) is 28.8 Å². The van der Waals surface area contributed by atoms with Crippen LogP contribution in [0.4, 0.5) is 0 Å². The summed E-state index contributed by atoms with van der Waals surface area (Å²) in [4.78, 5) is 0.305. The molecule has 2 heterocycles. The van der Waals surface area contributed by atoms with E-state index in [9.17, 15) is 8.42 Å². The Bertz CT molecular complexity index is 704. The number of hydrogen-bond acceptors (Lipinski definition) is 4. The second kappa shape index (κ2) is 5.50. The highest BCUT2D eigenvalue weighted by atomic mass is 32.2. The normalized spacial score (nSPS) is 25.8. The molecule has 1 aromatic heterocycles. The number of hydrogen-bond donors (Lipinski definition) is 0. The highest BCUT2D eigenvalue weighted by Crippen LogP contribution is 2.40. The standard InChI is InChI=1S/C16H16O4S/c1-2-12-11-15(16(20-12)14-9-6-10-19-14)21(17,18)13-7-4-3-5-8-13/h2-10,12,15-16H,1,11H2/t12-,15+,16-/m0/s1. The molecule has 5 heteroatoms. The highest BCUT2D eigenvalue weighted by Gasteiger charge is 2.45. The Balaban J connectivity index is 2.00. The summed E-state index contributed by atoms with van der Waals surface area (Å²) in [5, 5.41) is -0.672. The van der Waals surface area contributed by atoms with Gasteiger partial charge in [0.05, 0.1) is 17.3 Å². The molecule has 1 aromatic carbocycles. The minimum absolute atomic E-state index is 0.288. The largest absolute Gasteiger partial charge is 0.467 e. The summed E-state index contributed by atoms with van der Waals surface area (Å²) in [6, 6.07) is 11.9. The topological polar surface area (TPSA) is 56.5 Å².